The average Bonchev–Trinajstić information content (AvgIpc) is 2.46. The summed E-state index contributed by atoms with van der Waals surface area (Å²) in [5.74, 6) is 0.798. The molecular formula is C17H21NO2. The van der Waals surface area contributed by atoms with E-state index in [2.05, 4.69) is 17.4 Å². The second-order valence-corrected chi connectivity index (χ2v) is 4.90. The van der Waals surface area contributed by atoms with E-state index >= 15 is 0 Å². The Kier molecular flexibility index (Phi) is 5.59. The zero-order chi connectivity index (χ0) is 14.2. The van der Waals surface area contributed by atoms with E-state index in [1.165, 1.54) is 5.56 Å². The van der Waals surface area contributed by atoms with Crippen LogP contribution in [-0.4, -0.2) is 24.4 Å². The maximum Gasteiger partial charge on any atom is 0.119 e. The first-order valence-electron chi connectivity index (χ1n) is 6.86. The Morgan fingerprint density at radius 1 is 1.10 bits per heavy atom. The standard InChI is InChI=1S/C17H21NO2/c1-14-6-5-9-17(10-14)20-13-16(19)12-18-11-15-7-3-2-4-8-15/h2-10,16,18-19H,11-13H2,1H3/t16-/m0/s1. The van der Waals surface area contributed by atoms with Crippen molar-refractivity contribution < 1.29 is 9.84 Å². The zero-order valence-corrected chi connectivity index (χ0v) is 11.8. The van der Waals surface area contributed by atoms with Crippen LogP contribution in [-0.2, 0) is 6.54 Å². The van der Waals surface area contributed by atoms with Gasteiger partial charge in [0.25, 0.3) is 0 Å². The molecule has 1 atom stereocenters. The number of ether oxygens (including phenoxy) is 1. The molecule has 0 bridgehead atoms. The number of rotatable bonds is 7. The van der Waals surface area contributed by atoms with Crippen LogP contribution in [0.3, 0.4) is 0 Å². The Morgan fingerprint density at radius 2 is 1.90 bits per heavy atom. The predicted molar refractivity (Wildman–Crippen MR) is 80.8 cm³/mol. The molecule has 0 aliphatic heterocycles. The van der Waals surface area contributed by atoms with Gasteiger partial charge < -0.3 is 15.2 Å². The van der Waals surface area contributed by atoms with Crippen LogP contribution in [0.1, 0.15) is 11.1 Å². The molecular weight excluding hydrogens is 250 g/mol. The summed E-state index contributed by atoms with van der Waals surface area (Å²) >= 11 is 0. The molecule has 2 aromatic rings. The van der Waals surface area contributed by atoms with Crippen molar-refractivity contribution in [3.8, 4) is 5.75 Å². The number of benzene rings is 2. The summed E-state index contributed by atoms with van der Waals surface area (Å²) in [6.45, 7) is 3.58. The Morgan fingerprint density at radius 3 is 2.65 bits per heavy atom. The minimum atomic E-state index is -0.515. The molecule has 3 heteroatoms. The lowest BCUT2D eigenvalue weighted by Gasteiger charge is -2.13. The van der Waals surface area contributed by atoms with Crippen molar-refractivity contribution in [2.75, 3.05) is 13.2 Å². The van der Waals surface area contributed by atoms with Crippen molar-refractivity contribution >= 4 is 0 Å². The lowest BCUT2D eigenvalue weighted by atomic mass is 10.2. The Bertz CT molecular complexity index is 513. The third kappa shape index (κ3) is 5.03. The summed E-state index contributed by atoms with van der Waals surface area (Å²) in [5, 5.41) is 13.1. The van der Waals surface area contributed by atoms with E-state index in [1.807, 2.05) is 49.4 Å². The fourth-order valence-corrected chi connectivity index (χ4v) is 1.94. The summed E-state index contributed by atoms with van der Waals surface area (Å²) in [7, 11) is 0. The molecule has 106 valence electrons. The van der Waals surface area contributed by atoms with Crippen molar-refractivity contribution in [1.82, 2.24) is 5.32 Å². The first-order chi connectivity index (χ1) is 9.74. The lowest BCUT2D eigenvalue weighted by Crippen LogP contribution is -2.31. The molecule has 0 amide bonds. The Labute approximate surface area is 120 Å². The number of hydrogen-bond donors (Lipinski definition) is 2. The smallest absolute Gasteiger partial charge is 0.119 e. The van der Waals surface area contributed by atoms with Crippen LogP contribution >= 0.6 is 0 Å². The molecule has 0 aliphatic carbocycles. The molecule has 2 N–H and O–H groups in total. The first-order valence-corrected chi connectivity index (χ1v) is 6.86. The Balaban J connectivity index is 1.67. The van der Waals surface area contributed by atoms with Crippen LogP contribution in [0.25, 0.3) is 0 Å². The number of nitrogens with one attached hydrogen (secondary N) is 1. The molecule has 0 unspecified atom stereocenters. The van der Waals surface area contributed by atoms with Crippen LogP contribution in [0, 0.1) is 6.92 Å². The van der Waals surface area contributed by atoms with Crippen LogP contribution in [0.5, 0.6) is 5.75 Å². The maximum absolute atomic E-state index is 9.87. The van der Waals surface area contributed by atoms with E-state index in [0.717, 1.165) is 17.9 Å². The monoisotopic (exact) mass is 271 g/mol. The van der Waals surface area contributed by atoms with Crippen LogP contribution < -0.4 is 10.1 Å². The van der Waals surface area contributed by atoms with Crippen molar-refractivity contribution in [2.45, 2.75) is 19.6 Å². The molecule has 0 aliphatic rings. The van der Waals surface area contributed by atoms with Crippen LogP contribution in [0.15, 0.2) is 54.6 Å². The summed E-state index contributed by atoms with van der Waals surface area (Å²) in [6, 6.07) is 18.0. The maximum atomic E-state index is 9.87. The largest absolute Gasteiger partial charge is 0.491 e. The molecule has 20 heavy (non-hydrogen) atoms. The molecule has 0 saturated heterocycles. The van der Waals surface area contributed by atoms with Gasteiger partial charge in [-0.25, -0.2) is 0 Å². The fourth-order valence-electron chi connectivity index (χ4n) is 1.94. The average molecular weight is 271 g/mol. The molecule has 0 radical (unpaired) electrons. The summed E-state index contributed by atoms with van der Waals surface area (Å²) in [5.41, 5.74) is 2.36. The van der Waals surface area contributed by atoms with Crippen molar-refractivity contribution in [2.24, 2.45) is 0 Å². The van der Waals surface area contributed by atoms with Crippen molar-refractivity contribution in [1.29, 1.82) is 0 Å². The van der Waals surface area contributed by atoms with Gasteiger partial charge in [0.15, 0.2) is 0 Å². The van der Waals surface area contributed by atoms with Crippen molar-refractivity contribution in [3.63, 3.8) is 0 Å². The highest BCUT2D eigenvalue weighted by Gasteiger charge is 2.05. The zero-order valence-electron chi connectivity index (χ0n) is 11.8. The molecule has 0 spiro atoms. The highest BCUT2D eigenvalue weighted by atomic mass is 16.5. The van der Waals surface area contributed by atoms with Gasteiger partial charge in [-0.3, -0.25) is 0 Å². The van der Waals surface area contributed by atoms with Gasteiger partial charge in [-0.15, -0.1) is 0 Å². The van der Waals surface area contributed by atoms with Gasteiger partial charge in [-0.05, 0) is 30.2 Å². The number of aryl methyl sites for hydroxylation is 1. The van der Waals surface area contributed by atoms with Crippen LogP contribution in [0.2, 0.25) is 0 Å². The SMILES string of the molecule is Cc1cccc(OC[C@@H](O)CNCc2ccccc2)c1. The quantitative estimate of drug-likeness (QED) is 0.813. The highest BCUT2D eigenvalue weighted by Crippen LogP contribution is 2.12. The minimum Gasteiger partial charge on any atom is -0.491 e. The highest BCUT2D eigenvalue weighted by molar-refractivity contribution is 5.27. The summed E-state index contributed by atoms with van der Waals surface area (Å²) in [4.78, 5) is 0. The van der Waals surface area contributed by atoms with E-state index in [0.29, 0.717) is 13.2 Å². The molecule has 2 aromatic carbocycles. The number of aliphatic hydroxyl groups is 1. The number of hydrogen-bond acceptors (Lipinski definition) is 3. The first kappa shape index (κ1) is 14.6. The predicted octanol–water partition coefficient (Wildman–Crippen LogP) is 2.52. The van der Waals surface area contributed by atoms with Crippen molar-refractivity contribution in [3.05, 3.63) is 65.7 Å². The molecule has 0 saturated carbocycles. The molecule has 2 rings (SSSR count). The Hall–Kier alpha value is -1.84. The molecule has 0 fully saturated rings. The second-order valence-electron chi connectivity index (χ2n) is 4.90. The van der Waals surface area contributed by atoms with Gasteiger partial charge in [0.05, 0.1) is 0 Å². The number of aliphatic hydroxyl groups excluding tert-OH is 1. The molecule has 0 heterocycles. The molecule has 0 aromatic heterocycles. The lowest BCUT2D eigenvalue weighted by molar-refractivity contribution is 0.106. The van der Waals surface area contributed by atoms with Crippen LogP contribution in [0.4, 0.5) is 0 Å². The third-order valence-electron chi connectivity index (χ3n) is 2.98. The van der Waals surface area contributed by atoms with Gasteiger partial charge in [-0.1, -0.05) is 42.5 Å². The topological polar surface area (TPSA) is 41.5 Å². The summed E-state index contributed by atoms with van der Waals surface area (Å²) < 4.78 is 5.56. The van der Waals surface area contributed by atoms with E-state index in [4.69, 9.17) is 4.74 Å². The fraction of sp³-hybridized carbons (Fsp3) is 0.294. The van der Waals surface area contributed by atoms with E-state index < -0.39 is 6.10 Å². The van der Waals surface area contributed by atoms with E-state index in [-0.39, 0.29) is 0 Å². The van der Waals surface area contributed by atoms with E-state index in [1.54, 1.807) is 0 Å². The third-order valence-corrected chi connectivity index (χ3v) is 2.98. The van der Waals surface area contributed by atoms with Gasteiger partial charge in [0, 0.05) is 13.1 Å². The summed E-state index contributed by atoms with van der Waals surface area (Å²) in [6.07, 6.45) is -0.515. The van der Waals surface area contributed by atoms with Gasteiger partial charge >= 0.3 is 0 Å². The minimum absolute atomic E-state index is 0.297. The second kappa shape index (κ2) is 7.68. The van der Waals surface area contributed by atoms with Gasteiger partial charge in [0.1, 0.15) is 18.5 Å². The molecule has 3 nitrogen and oxygen atoms in total. The normalized spacial score (nSPS) is 12.1. The van der Waals surface area contributed by atoms with Gasteiger partial charge in [0.2, 0.25) is 0 Å². The van der Waals surface area contributed by atoms with Gasteiger partial charge in [-0.2, -0.15) is 0 Å². The van der Waals surface area contributed by atoms with E-state index in [9.17, 15) is 5.11 Å².